The van der Waals surface area contributed by atoms with Crippen molar-refractivity contribution in [1.29, 1.82) is 0 Å². The highest BCUT2D eigenvalue weighted by molar-refractivity contribution is 5.89. The summed E-state index contributed by atoms with van der Waals surface area (Å²) in [7, 11) is 1.61. The predicted octanol–water partition coefficient (Wildman–Crippen LogP) is 5.48. The largest absolute Gasteiger partial charge is 0.497 e. The fraction of sp³-hybridized carbons (Fsp3) is 0.375. The number of esters is 1. The number of hydrogen-bond donors (Lipinski definition) is 0. The summed E-state index contributed by atoms with van der Waals surface area (Å²) >= 11 is 0. The van der Waals surface area contributed by atoms with Crippen molar-refractivity contribution in [3.63, 3.8) is 0 Å². The molecule has 0 bridgehead atoms. The van der Waals surface area contributed by atoms with Gasteiger partial charge >= 0.3 is 5.97 Å². The van der Waals surface area contributed by atoms with Gasteiger partial charge < -0.3 is 14.2 Å². The Morgan fingerprint density at radius 3 is 2.35 bits per heavy atom. The number of hydrogen-bond acceptors (Lipinski definition) is 6. The van der Waals surface area contributed by atoms with Crippen molar-refractivity contribution in [2.24, 2.45) is 0 Å². The predicted molar refractivity (Wildman–Crippen MR) is 118 cm³/mol. The van der Waals surface area contributed by atoms with Crippen LogP contribution in [0.1, 0.15) is 48.5 Å². The smallest absolute Gasteiger partial charge is 0.338 e. The van der Waals surface area contributed by atoms with Gasteiger partial charge in [-0.25, -0.2) is 4.79 Å². The molecule has 166 valence electrons. The van der Waals surface area contributed by atoms with E-state index in [1.165, 1.54) is 24.3 Å². The van der Waals surface area contributed by atoms with Crippen molar-refractivity contribution in [3.05, 3.63) is 82.4 Å². The van der Waals surface area contributed by atoms with Crippen molar-refractivity contribution >= 4 is 11.7 Å². The van der Waals surface area contributed by atoms with Gasteiger partial charge in [0.2, 0.25) is 0 Å². The molecule has 0 aliphatic heterocycles. The van der Waals surface area contributed by atoms with Crippen LogP contribution in [0, 0.1) is 10.1 Å². The van der Waals surface area contributed by atoms with Crippen LogP contribution in [0.3, 0.4) is 0 Å². The molecule has 2 aromatic rings. The number of carbonyl (C=O) groups is 1. The second-order valence-electron chi connectivity index (χ2n) is 7.10. The van der Waals surface area contributed by atoms with Crippen LogP contribution in [0.4, 0.5) is 5.69 Å². The van der Waals surface area contributed by atoms with Crippen molar-refractivity contribution in [2.45, 2.75) is 51.4 Å². The second-order valence-corrected chi connectivity index (χ2v) is 7.10. The van der Waals surface area contributed by atoms with Crippen LogP contribution < -0.4 is 4.74 Å². The first-order valence-electron chi connectivity index (χ1n) is 10.3. The third-order valence-corrected chi connectivity index (χ3v) is 4.86. The first kappa shape index (κ1) is 24.1. The van der Waals surface area contributed by atoms with Crippen molar-refractivity contribution in [3.8, 4) is 5.75 Å². The number of non-ortho nitro benzene ring substituents is 1. The molecular formula is C24H29NO6. The Morgan fingerprint density at radius 1 is 1.13 bits per heavy atom. The minimum Gasteiger partial charge on any atom is -0.497 e. The van der Waals surface area contributed by atoms with E-state index in [1.54, 1.807) is 13.2 Å². The summed E-state index contributed by atoms with van der Waals surface area (Å²) in [5.41, 5.74) is 1.13. The van der Waals surface area contributed by atoms with Gasteiger partial charge in [-0.15, -0.1) is 6.58 Å². The van der Waals surface area contributed by atoms with Crippen LogP contribution in [0.5, 0.6) is 5.75 Å². The third kappa shape index (κ3) is 7.53. The molecule has 2 atom stereocenters. The molecule has 0 unspecified atom stereocenters. The van der Waals surface area contributed by atoms with Crippen molar-refractivity contribution in [2.75, 3.05) is 7.11 Å². The molecule has 0 N–H and O–H groups in total. The van der Waals surface area contributed by atoms with Crippen LogP contribution in [0.25, 0.3) is 0 Å². The van der Waals surface area contributed by atoms with Gasteiger partial charge in [0.1, 0.15) is 18.0 Å². The molecule has 0 aromatic heterocycles. The Hall–Kier alpha value is -3.19. The Kier molecular flexibility index (Phi) is 9.71. The lowest BCUT2D eigenvalue weighted by Gasteiger charge is -2.25. The summed E-state index contributed by atoms with van der Waals surface area (Å²) in [5, 5.41) is 10.8. The van der Waals surface area contributed by atoms with E-state index in [1.807, 2.05) is 24.3 Å². The maximum absolute atomic E-state index is 12.6. The van der Waals surface area contributed by atoms with Gasteiger partial charge in [0.25, 0.3) is 5.69 Å². The number of carbonyl (C=O) groups excluding carboxylic acids is 1. The first-order chi connectivity index (χ1) is 15.0. The number of rotatable bonds is 13. The summed E-state index contributed by atoms with van der Waals surface area (Å²) in [4.78, 5) is 22.9. The minimum absolute atomic E-state index is 0.0807. The van der Waals surface area contributed by atoms with Gasteiger partial charge in [-0.1, -0.05) is 38.0 Å². The summed E-state index contributed by atoms with van der Waals surface area (Å²) in [5.74, 6) is 0.217. The highest BCUT2D eigenvalue weighted by Crippen LogP contribution is 2.20. The third-order valence-electron chi connectivity index (χ3n) is 4.86. The van der Waals surface area contributed by atoms with Crippen LogP contribution in [0.2, 0.25) is 0 Å². The number of methoxy groups -OCH3 is 1. The van der Waals surface area contributed by atoms with Crippen molar-refractivity contribution in [1.82, 2.24) is 0 Å². The lowest BCUT2D eigenvalue weighted by Crippen LogP contribution is -2.32. The zero-order chi connectivity index (χ0) is 22.6. The molecule has 0 amide bonds. The minimum atomic E-state index is -0.545. The number of unbranched alkanes of at least 4 members (excludes halogenated alkanes) is 2. The summed E-state index contributed by atoms with van der Waals surface area (Å²) in [6, 6.07) is 12.9. The molecule has 0 heterocycles. The fourth-order valence-electron chi connectivity index (χ4n) is 3.05. The average Bonchev–Trinajstić information content (AvgIpc) is 2.79. The molecule has 0 spiro atoms. The second kappa shape index (κ2) is 12.5. The summed E-state index contributed by atoms with van der Waals surface area (Å²) in [6.45, 7) is 6.28. The van der Waals surface area contributed by atoms with E-state index in [2.05, 4.69) is 13.5 Å². The Morgan fingerprint density at radius 2 is 1.81 bits per heavy atom. The number of nitro groups is 1. The summed E-state index contributed by atoms with van der Waals surface area (Å²) in [6.07, 6.45) is 4.20. The molecular weight excluding hydrogens is 398 g/mol. The SMILES string of the molecule is C=C[C@@H](OCc1ccc(OC)cc1)[C@H](CCCCC)OC(=O)c1ccc([N+](=O)[O-])cc1. The quantitative estimate of drug-likeness (QED) is 0.138. The van der Waals surface area contributed by atoms with Gasteiger partial charge in [-0.2, -0.15) is 0 Å². The van der Waals surface area contributed by atoms with E-state index in [9.17, 15) is 14.9 Å². The average molecular weight is 427 g/mol. The van der Waals surface area contributed by atoms with E-state index in [0.717, 1.165) is 30.6 Å². The van der Waals surface area contributed by atoms with E-state index in [4.69, 9.17) is 14.2 Å². The zero-order valence-corrected chi connectivity index (χ0v) is 18.0. The highest BCUT2D eigenvalue weighted by Gasteiger charge is 2.24. The molecule has 7 heteroatoms. The molecule has 0 saturated carbocycles. The Labute approximate surface area is 182 Å². The van der Waals surface area contributed by atoms with Gasteiger partial charge in [0.15, 0.2) is 0 Å². The van der Waals surface area contributed by atoms with Crippen LogP contribution in [0.15, 0.2) is 61.2 Å². The fourth-order valence-corrected chi connectivity index (χ4v) is 3.05. The zero-order valence-electron chi connectivity index (χ0n) is 18.0. The monoisotopic (exact) mass is 427 g/mol. The molecule has 0 saturated heterocycles. The summed E-state index contributed by atoms with van der Waals surface area (Å²) < 4.78 is 16.9. The molecule has 0 aliphatic rings. The van der Waals surface area contributed by atoms with Gasteiger partial charge in [-0.05, 0) is 42.7 Å². The maximum atomic E-state index is 12.6. The first-order valence-corrected chi connectivity index (χ1v) is 10.3. The number of nitrogens with zero attached hydrogens (tertiary/aromatic N) is 1. The van der Waals surface area contributed by atoms with Crippen LogP contribution >= 0.6 is 0 Å². The number of benzene rings is 2. The highest BCUT2D eigenvalue weighted by atomic mass is 16.6. The number of ether oxygens (including phenoxy) is 3. The number of nitro benzene ring substituents is 1. The van der Waals surface area contributed by atoms with Gasteiger partial charge in [0, 0.05) is 12.1 Å². The van der Waals surface area contributed by atoms with E-state index < -0.39 is 23.1 Å². The molecule has 0 fully saturated rings. The standard InChI is InChI=1S/C24H29NO6/c1-4-6-7-8-23(31-24(26)19-11-13-20(14-12-19)25(27)28)22(5-2)30-17-18-9-15-21(29-3)16-10-18/h5,9-16,22-23H,2,4,6-8,17H2,1,3H3/t22-,23+/m1/s1. The van der Waals surface area contributed by atoms with Gasteiger partial charge in [-0.3, -0.25) is 10.1 Å². The molecule has 2 rings (SSSR count). The maximum Gasteiger partial charge on any atom is 0.338 e. The molecule has 2 aromatic carbocycles. The topological polar surface area (TPSA) is 87.9 Å². The molecule has 0 aliphatic carbocycles. The Balaban J connectivity index is 2.06. The Bertz CT molecular complexity index is 847. The van der Waals surface area contributed by atoms with E-state index in [-0.39, 0.29) is 11.3 Å². The normalized spacial score (nSPS) is 12.6. The van der Waals surface area contributed by atoms with Crippen LogP contribution in [-0.2, 0) is 16.1 Å². The van der Waals surface area contributed by atoms with Gasteiger partial charge in [0.05, 0.1) is 24.2 Å². The van der Waals surface area contributed by atoms with E-state index in [0.29, 0.717) is 13.0 Å². The van der Waals surface area contributed by atoms with E-state index >= 15 is 0 Å². The lowest BCUT2D eigenvalue weighted by molar-refractivity contribution is -0.384. The van der Waals surface area contributed by atoms with Crippen LogP contribution in [-0.4, -0.2) is 30.2 Å². The van der Waals surface area contributed by atoms with Crippen molar-refractivity contribution < 1.29 is 23.9 Å². The molecule has 0 radical (unpaired) electrons. The molecule has 31 heavy (non-hydrogen) atoms. The molecule has 7 nitrogen and oxygen atoms in total. The lowest BCUT2D eigenvalue weighted by atomic mass is 10.1.